The van der Waals surface area contributed by atoms with E-state index in [-0.39, 0.29) is 25.9 Å². The molecule has 0 N–H and O–H groups in total. The van der Waals surface area contributed by atoms with Crippen LogP contribution in [0.25, 0.3) is 42.7 Å². The van der Waals surface area contributed by atoms with Gasteiger partial charge < -0.3 is 9.97 Å². The van der Waals surface area contributed by atoms with Gasteiger partial charge in [-0.3, -0.25) is 0 Å². The van der Waals surface area contributed by atoms with E-state index in [0.717, 1.165) is 55.5 Å². The molecule has 8 aromatic rings. The maximum atomic E-state index is 13.7. The molecular weight excluding hydrogens is 840 g/mol. The van der Waals surface area contributed by atoms with Gasteiger partial charge in [0.2, 0.25) is 0 Å². The van der Waals surface area contributed by atoms with E-state index < -0.39 is 8.07 Å². The molecule has 8 rings (SSSR count). The molecule has 255 valence electrons. The second kappa shape index (κ2) is 16.2. The molecule has 0 amide bonds. The molecule has 0 aliphatic rings. The van der Waals surface area contributed by atoms with Gasteiger partial charge in [-0.05, 0) is 80.5 Å². The predicted octanol–water partition coefficient (Wildman–Crippen LogP) is 11.3. The molecule has 3 aromatic heterocycles. The van der Waals surface area contributed by atoms with E-state index in [2.05, 4.69) is 122 Å². The summed E-state index contributed by atoms with van der Waals surface area (Å²) in [5.41, 5.74) is 9.12. The predicted molar refractivity (Wildman–Crippen MR) is 211 cm³/mol. The summed E-state index contributed by atoms with van der Waals surface area (Å²) >= 11 is 1.66. The number of rotatable bonds is 7. The summed E-state index contributed by atoms with van der Waals surface area (Å²) in [6.07, 6.45) is 5.77. The minimum absolute atomic E-state index is 0. The number of hydrogen-bond donors (Lipinski definition) is 0. The summed E-state index contributed by atoms with van der Waals surface area (Å²) < 4.78 is 15.9. The van der Waals surface area contributed by atoms with Gasteiger partial charge >= 0.3 is 0 Å². The van der Waals surface area contributed by atoms with Crippen molar-refractivity contribution in [3.63, 3.8) is 0 Å². The topological polar surface area (TPSA) is 25.8 Å². The van der Waals surface area contributed by atoms with Crippen LogP contribution < -0.4 is 5.19 Å². The third kappa shape index (κ3) is 8.84. The molecule has 0 unspecified atom stereocenters. The first-order valence-corrected chi connectivity index (χ1v) is 21.1. The van der Waals surface area contributed by atoms with E-state index in [0.29, 0.717) is 0 Å². The molecule has 6 heteroatoms. The Morgan fingerprint density at radius 2 is 1.31 bits per heavy atom. The normalized spacial score (nSPS) is 11.1. The van der Waals surface area contributed by atoms with Gasteiger partial charge in [-0.1, -0.05) is 103 Å². The summed E-state index contributed by atoms with van der Waals surface area (Å²) in [7, 11) is -1.43. The fourth-order valence-electron chi connectivity index (χ4n) is 6.24. The van der Waals surface area contributed by atoms with Crippen molar-refractivity contribution in [3.8, 4) is 22.5 Å². The molecule has 0 saturated heterocycles. The Bertz CT molecular complexity index is 2370. The molecule has 3 heterocycles. The number of benzene rings is 5. The zero-order valence-corrected chi connectivity index (χ0v) is 33.0. The molecule has 1 radical (unpaired) electrons. The Morgan fingerprint density at radius 3 is 2.02 bits per heavy atom. The van der Waals surface area contributed by atoms with E-state index in [1.807, 2.05) is 48.7 Å². The van der Waals surface area contributed by atoms with Crippen molar-refractivity contribution in [1.29, 1.82) is 0 Å². The molecule has 0 atom stereocenters. The van der Waals surface area contributed by atoms with Gasteiger partial charge in [-0.2, -0.15) is 11.3 Å². The average molecular weight is 877 g/mol. The molecule has 0 aliphatic heterocycles. The van der Waals surface area contributed by atoms with Crippen molar-refractivity contribution in [2.45, 2.75) is 32.5 Å². The SMILES string of the molecule is C[Si](C)(C)c1cnc(-c2[c-]cccc2)cc1Cc1ccccc1.Fc1ccc2sc3c[c-]c(-c4cc(Cc5ccccc5)ccn4)cc3c2c1.[Ir]. The number of nitrogens with zero attached hydrogens (tertiary/aromatic N) is 2. The molecule has 0 bridgehead atoms. The van der Waals surface area contributed by atoms with E-state index in [9.17, 15) is 4.39 Å². The summed E-state index contributed by atoms with van der Waals surface area (Å²) in [6, 6.07) is 51.2. The first-order valence-electron chi connectivity index (χ1n) is 16.8. The molecule has 2 nitrogen and oxygen atoms in total. The Hall–Kier alpha value is -4.58. The zero-order chi connectivity index (χ0) is 34.5. The average Bonchev–Trinajstić information content (AvgIpc) is 3.50. The summed E-state index contributed by atoms with van der Waals surface area (Å²) in [4.78, 5) is 9.26. The van der Waals surface area contributed by atoms with Gasteiger partial charge in [0, 0.05) is 37.2 Å². The van der Waals surface area contributed by atoms with Crippen molar-refractivity contribution < 1.29 is 24.5 Å². The number of pyridine rings is 2. The summed E-state index contributed by atoms with van der Waals surface area (Å²) in [6.45, 7) is 7.15. The van der Waals surface area contributed by atoms with Crippen LogP contribution in [0.2, 0.25) is 19.6 Å². The van der Waals surface area contributed by atoms with Crippen LogP contribution in [-0.2, 0) is 32.9 Å². The van der Waals surface area contributed by atoms with Crippen LogP contribution in [0.15, 0.2) is 146 Å². The van der Waals surface area contributed by atoms with E-state index in [1.165, 1.54) is 33.5 Å². The van der Waals surface area contributed by atoms with Crippen LogP contribution in [0, 0.1) is 17.9 Å². The number of fused-ring (bicyclic) bond motifs is 3. The van der Waals surface area contributed by atoms with Crippen molar-refractivity contribution in [3.05, 3.63) is 186 Å². The Morgan fingerprint density at radius 1 is 0.627 bits per heavy atom. The first kappa shape index (κ1) is 36.2. The minimum Gasteiger partial charge on any atom is -0.305 e. The fourth-order valence-corrected chi connectivity index (χ4v) is 8.86. The Labute approximate surface area is 318 Å². The fraction of sp³-hybridized carbons (Fsp3) is 0.111. The Balaban J connectivity index is 0.000000175. The number of thiophene rings is 1. The molecule has 0 saturated carbocycles. The maximum Gasteiger partial charge on any atom is 0.123 e. The van der Waals surface area contributed by atoms with Crippen molar-refractivity contribution in [2.24, 2.45) is 0 Å². The van der Waals surface area contributed by atoms with Crippen LogP contribution in [0.5, 0.6) is 0 Å². The molecule has 0 spiro atoms. The molecular formula is C45H37FIrN2SSi-2. The quantitative estimate of drug-likeness (QED) is 0.118. The number of hydrogen-bond acceptors (Lipinski definition) is 3. The van der Waals surface area contributed by atoms with E-state index in [4.69, 9.17) is 4.98 Å². The van der Waals surface area contributed by atoms with Crippen LogP contribution in [0.3, 0.4) is 0 Å². The van der Waals surface area contributed by atoms with Crippen LogP contribution in [-0.4, -0.2) is 18.0 Å². The first-order chi connectivity index (χ1) is 24.3. The van der Waals surface area contributed by atoms with Gasteiger partial charge in [0.25, 0.3) is 0 Å². The minimum atomic E-state index is -1.43. The molecule has 0 fully saturated rings. The number of aromatic nitrogens is 2. The second-order valence-electron chi connectivity index (χ2n) is 13.5. The number of halogens is 1. The third-order valence-electron chi connectivity index (χ3n) is 8.74. The van der Waals surface area contributed by atoms with Crippen LogP contribution in [0.1, 0.15) is 22.3 Å². The maximum absolute atomic E-state index is 13.7. The van der Waals surface area contributed by atoms with Crippen LogP contribution in [0.4, 0.5) is 4.39 Å². The van der Waals surface area contributed by atoms with Gasteiger partial charge in [-0.25, -0.2) is 4.39 Å². The molecule has 51 heavy (non-hydrogen) atoms. The Kier molecular flexibility index (Phi) is 11.5. The second-order valence-corrected chi connectivity index (χ2v) is 19.6. The van der Waals surface area contributed by atoms with Crippen molar-refractivity contribution in [2.75, 3.05) is 0 Å². The van der Waals surface area contributed by atoms with Gasteiger partial charge in [0.1, 0.15) is 5.82 Å². The summed E-state index contributed by atoms with van der Waals surface area (Å²) in [5, 5.41) is 3.45. The largest absolute Gasteiger partial charge is 0.305 e. The van der Waals surface area contributed by atoms with Crippen molar-refractivity contribution in [1.82, 2.24) is 9.97 Å². The standard InChI is InChI=1S/C24H15FNS.C21H22NSi.Ir/c25-19-7-9-24-21(15-19)20-14-18(6-8-23(20)27-24)22-13-17(10-11-26-22)12-16-4-2-1-3-5-16;1-23(2,3)21-16-22-20(18-12-8-5-9-13-18)15-19(21)14-17-10-6-4-7-11-17;/h1-5,7-11,13-15H,12H2;4-12,15-16H,14H2,1-3H3;/q2*-1;. The van der Waals surface area contributed by atoms with Gasteiger partial charge in [-0.15, -0.1) is 59.7 Å². The monoisotopic (exact) mass is 877 g/mol. The smallest absolute Gasteiger partial charge is 0.123 e. The van der Waals surface area contributed by atoms with Crippen LogP contribution >= 0.6 is 11.3 Å². The van der Waals surface area contributed by atoms with Gasteiger partial charge in [0.05, 0.1) is 8.07 Å². The third-order valence-corrected chi connectivity index (χ3v) is 11.9. The van der Waals surface area contributed by atoms with E-state index in [1.54, 1.807) is 17.4 Å². The van der Waals surface area contributed by atoms with Gasteiger partial charge in [0.15, 0.2) is 0 Å². The van der Waals surface area contributed by atoms with Crippen molar-refractivity contribution >= 4 is 44.8 Å². The zero-order valence-electron chi connectivity index (χ0n) is 28.8. The van der Waals surface area contributed by atoms with E-state index >= 15 is 0 Å². The molecule has 5 aromatic carbocycles. The summed E-state index contributed by atoms with van der Waals surface area (Å²) in [5.74, 6) is -0.209. The molecule has 0 aliphatic carbocycles.